The highest BCUT2D eigenvalue weighted by molar-refractivity contribution is 9.10. The van der Waals surface area contributed by atoms with Gasteiger partial charge in [0.05, 0.1) is 20.6 Å². The lowest BCUT2D eigenvalue weighted by Gasteiger charge is -2.12. The molecule has 1 aromatic heterocycles. The molecule has 2 rings (SSSR count). The van der Waals surface area contributed by atoms with Crippen LogP contribution in [0.4, 0.5) is 0 Å². The second-order valence-corrected chi connectivity index (χ2v) is 6.34. The van der Waals surface area contributed by atoms with Gasteiger partial charge in [0.15, 0.2) is 11.5 Å². The first-order valence-corrected chi connectivity index (χ1v) is 8.55. The summed E-state index contributed by atoms with van der Waals surface area (Å²) in [6.07, 6.45) is 1.15. The van der Waals surface area contributed by atoms with Crippen molar-refractivity contribution in [2.45, 2.75) is 12.8 Å². The summed E-state index contributed by atoms with van der Waals surface area (Å²) in [6, 6.07) is 5.77. The van der Waals surface area contributed by atoms with E-state index in [4.69, 9.17) is 9.47 Å². The van der Waals surface area contributed by atoms with Gasteiger partial charge < -0.3 is 14.8 Å². The number of nitrogens with one attached hydrogen (secondary N) is 1. The van der Waals surface area contributed by atoms with Crippen molar-refractivity contribution in [2.24, 2.45) is 0 Å². The van der Waals surface area contributed by atoms with Gasteiger partial charge in [-0.2, -0.15) is 11.3 Å². The van der Waals surface area contributed by atoms with Crippen molar-refractivity contribution in [3.05, 3.63) is 44.6 Å². The molecule has 0 radical (unpaired) electrons. The Balaban J connectivity index is 1.90. The summed E-state index contributed by atoms with van der Waals surface area (Å²) in [6.45, 7) is 0.580. The second kappa shape index (κ2) is 8.19. The quantitative estimate of drug-likeness (QED) is 0.796. The van der Waals surface area contributed by atoms with Gasteiger partial charge in [-0.15, -0.1) is 0 Å². The van der Waals surface area contributed by atoms with E-state index < -0.39 is 0 Å². The van der Waals surface area contributed by atoms with Crippen LogP contribution in [-0.4, -0.2) is 26.7 Å². The summed E-state index contributed by atoms with van der Waals surface area (Å²) < 4.78 is 11.5. The summed E-state index contributed by atoms with van der Waals surface area (Å²) in [5, 5.41) is 6.90. The molecule has 118 valence electrons. The van der Waals surface area contributed by atoms with E-state index in [1.165, 1.54) is 0 Å². The molecule has 1 aromatic carbocycles. The molecule has 0 spiro atoms. The largest absolute Gasteiger partial charge is 0.493 e. The van der Waals surface area contributed by atoms with Gasteiger partial charge in [-0.1, -0.05) is 15.9 Å². The maximum absolute atomic E-state index is 11.8. The summed E-state index contributed by atoms with van der Waals surface area (Å²) in [7, 11) is 3.22. The molecular formula is C16H18BrNO3S. The SMILES string of the molecule is COc1cc(Br)c(CCNC(=O)Cc2ccsc2)cc1OC. The molecule has 0 atom stereocenters. The first-order valence-electron chi connectivity index (χ1n) is 6.82. The molecule has 1 N–H and O–H groups in total. The molecule has 0 aliphatic carbocycles. The molecule has 0 fully saturated rings. The number of rotatable bonds is 7. The lowest BCUT2D eigenvalue weighted by Crippen LogP contribution is -2.27. The van der Waals surface area contributed by atoms with Crippen LogP contribution >= 0.6 is 27.3 Å². The average molecular weight is 384 g/mol. The minimum atomic E-state index is 0.0370. The van der Waals surface area contributed by atoms with Crippen molar-refractivity contribution in [1.29, 1.82) is 0 Å². The Kier molecular flexibility index (Phi) is 6.27. The van der Waals surface area contributed by atoms with Crippen LogP contribution in [0.1, 0.15) is 11.1 Å². The van der Waals surface area contributed by atoms with Crippen LogP contribution in [0.15, 0.2) is 33.4 Å². The fourth-order valence-corrected chi connectivity index (χ4v) is 3.25. The van der Waals surface area contributed by atoms with E-state index in [1.807, 2.05) is 29.0 Å². The van der Waals surface area contributed by atoms with E-state index in [9.17, 15) is 4.79 Å². The molecule has 1 amide bonds. The van der Waals surface area contributed by atoms with Gasteiger partial charge in [-0.25, -0.2) is 0 Å². The lowest BCUT2D eigenvalue weighted by atomic mass is 10.1. The summed E-state index contributed by atoms with van der Waals surface area (Å²) >= 11 is 5.12. The van der Waals surface area contributed by atoms with Crippen molar-refractivity contribution in [3.63, 3.8) is 0 Å². The van der Waals surface area contributed by atoms with Crippen molar-refractivity contribution < 1.29 is 14.3 Å². The molecule has 1 heterocycles. The lowest BCUT2D eigenvalue weighted by molar-refractivity contribution is -0.120. The number of ether oxygens (including phenoxy) is 2. The summed E-state index contributed by atoms with van der Waals surface area (Å²) in [5.41, 5.74) is 2.11. The average Bonchev–Trinajstić information content (AvgIpc) is 3.01. The Bertz CT molecular complexity index is 629. The molecule has 0 aliphatic heterocycles. The topological polar surface area (TPSA) is 47.6 Å². The van der Waals surface area contributed by atoms with Crippen LogP contribution in [0, 0.1) is 0 Å². The van der Waals surface area contributed by atoms with Gasteiger partial charge in [0.25, 0.3) is 0 Å². The Morgan fingerprint density at radius 2 is 2.00 bits per heavy atom. The molecule has 6 heteroatoms. The van der Waals surface area contributed by atoms with Crippen LogP contribution in [0.3, 0.4) is 0 Å². The molecule has 0 bridgehead atoms. The monoisotopic (exact) mass is 383 g/mol. The highest BCUT2D eigenvalue weighted by Gasteiger charge is 2.10. The number of amides is 1. The summed E-state index contributed by atoms with van der Waals surface area (Å²) in [5.74, 6) is 1.40. The van der Waals surface area contributed by atoms with Crippen LogP contribution in [0.2, 0.25) is 0 Å². The van der Waals surface area contributed by atoms with E-state index in [2.05, 4.69) is 21.2 Å². The number of hydrogen-bond acceptors (Lipinski definition) is 4. The third-order valence-electron chi connectivity index (χ3n) is 3.21. The van der Waals surface area contributed by atoms with Gasteiger partial charge in [0.1, 0.15) is 0 Å². The van der Waals surface area contributed by atoms with Gasteiger partial charge in [-0.05, 0) is 46.5 Å². The van der Waals surface area contributed by atoms with Crippen LogP contribution in [0.25, 0.3) is 0 Å². The van der Waals surface area contributed by atoms with Gasteiger partial charge in [-0.3, -0.25) is 4.79 Å². The van der Waals surface area contributed by atoms with E-state index >= 15 is 0 Å². The van der Waals surface area contributed by atoms with E-state index in [0.717, 1.165) is 22.0 Å². The number of methoxy groups -OCH3 is 2. The first kappa shape index (κ1) is 16.8. The molecular weight excluding hydrogens is 366 g/mol. The van der Waals surface area contributed by atoms with Gasteiger partial charge in [0.2, 0.25) is 5.91 Å². The predicted molar refractivity (Wildman–Crippen MR) is 92.0 cm³/mol. The predicted octanol–water partition coefficient (Wildman–Crippen LogP) is 3.43. The third kappa shape index (κ3) is 4.48. The summed E-state index contributed by atoms with van der Waals surface area (Å²) in [4.78, 5) is 11.8. The molecule has 0 aliphatic rings. The van der Waals surface area contributed by atoms with Crippen LogP contribution in [0.5, 0.6) is 11.5 Å². The maximum atomic E-state index is 11.8. The number of hydrogen-bond donors (Lipinski definition) is 1. The number of carbonyl (C=O) groups excluding carboxylic acids is 1. The van der Waals surface area contributed by atoms with Crippen LogP contribution in [-0.2, 0) is 17.6 Å². The second-order valence-electron chi connectivity index (χ2n) is 4.71. The van der Waals surface area contributed by atoms with E-state index in [0.29, 0.717) is 24.5 Å². The van der Waals surface area contributed by atoms with E-state index in [1.54, 1.807) is 25.6 Å². The normalized spacial score (nSPS) is 10.3. The fraction of sp³-hybridized carbons (Fsp3) is 0.312. The molecule has 0 saturated carbocycles. The minimum Gasteiger partial charge on any atom is -0.493 e. The maximum Gasteiger partial charge on any atom is 0.224 e. The third-order valence-corrected chi connectivity index (χ3v) is 4.68. The number of benzene rings is 1. The molecule has 0 unspecified atom stereocenters. The van der Waals surface area contributed by atoms with Crippen molar-refractivity contribution in [2.75, 3.05) is 20.8 Å². The van der Waals surface area contributed by atoms with Crippen molar-refractivity contribution >= 4 is 33.2 Å². The molecule has 0 saturated heterocycles. The Morgan fingerprint density at radius 3 is 2.64 bits per heavy atom. The molecule has 4 nitrogen and oxygen atoms in total. The Hall–Kier alpha value is -1.53. The molecule has 2 aromatic rings. The number of carbonyl (C=O) groups is 1. The highest BCUT2D eigenvalue weighted by atomic mass is 79.9. The Morgan fingerprint density at radius 1 is 1.27 bits per heavy atom. The zero-order valence-corrected chi connectivity index (χ0v) is 14.9. The van der Waals surface area contributed by atoms with Crippen molar-refractivity contribution in [1.82, 2.24) is 5.32 Å². The smallest absolute Gasteiger partial charge is 0.224 e. The Labute approximate surface area is 142 Å². The van der Waals surface area contributed by atoms with Gasteiger partial charge >= 0.3 is 0 Å². The zero-order chi connectivity index (χ0) is 15.9. The zero-order valence-electron chi connectivity index (χ0n) is 12.5. The molecule has 22 heavy (non-hydrogen) atoms. The first-order chi connectivity index (χ1) is 10.6. The number of halogens is 1. The van der Waals surface area contributed by atoms with E-state index in [-0.39, 0.29) is 5.91 Å². The fourth-order valence-electron chi connectivity index (χ4n) is 2.07. The van der Waals surface area contributed by atoms with Crippen LogP contribution < -0.4 is 14.8 Å². The van der Waals surface area contributed by atoms with Crippen molar-refractivity contribution in [3.8, 4) is 11.5 Å². The minimum absolute atomic E-state index is 0.0370. The van der Waals surface area contributed by atoms with Gasteiger partial charge in [0, 0.05) is 11.0 Å². The standard InChI is InChI=1S/C16H18BrNO3S/c1-20-14-8-12(13(17)9-15(14)21-2)3-5-18-16(19)7-11-4-6-22-10-11/h4,6,8-10H,3,5,7H2,1-2H3,(H,18,19). The number of thiophene rings is 1. The highest BCUT2D eigenvalue weighted by Crippen LogP contribution is 2.33.